The van der Waals surface area contributed by atoms with Gasteiger partial charge in [-0.3, -0.25) is 10.1 Å². The number of nitro groups is 1. The largest absolute Gasteiger partial charge is 0.454 e. The number of benzene rings is 2. The third kappa shape index (κ3) is 3.88. The van der Waals surface area contributed by atoms with Gasteiger partial charge in [-0.2, -0.15) is 0 Å². The van der Waals surface area contributed by atoms with Crippen LogP contribution in [0.5, 0.6) is 17.2 Å². The molecule has 0 bridgehead atoms. The van der Waals surface area contributed by atoms with Crippen molar-refractivity contribution in [3.8, 4) is 17.2 Å². The zero-order valence-corrected chi connectivity index (χ0v) is 16.5. The molecule has 9 heteroatoms. The topological polar surface area (TPSA) is 87.9 Å². The van der Waals surface area contributed by atoms with E-state index in [1.807, 2.05) is 0 Å². The Bertz CT molecular complexity index is 941. The van der Waals surface area contributed by atoms with E-state index in [9.17, 15) is 14.9 Å². The van der Waals surface area contributed by atoms with Crippen molar-refractivity contribution >= 4 is 43.9 Å². The maximum atomic E-state index is 12.5. The SMILES string of the molecule is CC(=Cc1cc(Br)cc(Br)c1OC(=O)c1ccc2c(c1)OCO2)[N+](=O)[O-]. The Kier molecular flexibility index (Phi) is 5.28. The van der Waals surface area contributed by atoms with E-state index >= 15 is 0 Å². The summed E-state index contributed by atoms with van der Waals surface area (Å²) in [6, 6.07) is 8.00. The number of esters is 1. The third-order valence-corrected chi connectivity index (χ3v) is 4.54. The van der Waals surface area contributed by atoms with Gasteiger partial charge in [0.25, 0.3) is 0 Å². The molecule has 0 saturated carbocycles. The number of halogens is 2. The van der Waals surface area contributed by atoms with E-state index in [1.54, 1.807) is 24.3 Å². The first kappa shape index (κ1) is 18.4. The minimum Gasteiger partial charge on any atom is -0.454 e. The van der Waals surface area contributed by atoms with Crippen LogP contribution in [0.4, 0.5) is 0 Å². The molecular weight excluding hydrogens is 474 g/mol. The standard InChI is InChI=1S/C17H11Br2NO6/c1-9(20(22)23)4-11-5-12(18)7-13(19)16(11)26-17(21)10-2-3-14-15(6-10)25-8-24-14/h2-7H,8H2,1H3. The van der Waals surface area contributed by atoms with Crippen LogP contribution in [0.15, 0.2) is 45.0 Å². The Labute approximate surface area is 165 Å². The highest BCUT2D eigenvalue weighted by atomic mass is 79.9. The highest BCUT2D eigenvalue weighted by Crippen LogP contribution is 2.36. The van der Waals surface area contributed by atoms with Crippen molar-refractivity contribution in [3.63, 3.8) is 0 Å². The Morgan fingerprint density at radius 3 is 2.69 bits per heavy atom. The normalized spacial score (nSPS) is 12.8. The average molecular weight is 485 g/mol. The predicted octanol–water partition coefficient (Wildman–Crippen LogP) is 4.80. The monoisotopic (exact) mass is 483 g/mol. The fraction of sp³-hybridized carbons (Fsp3) is 0.118. The Balaban J connectivity index is 1.95. The van der Waals surface area contributed by atoms with Gasteiger partial charge in [-0.05, 0) is 46.3 Å². The Morgan fingerprint density at radius 2 is 1.96 bits per heavy atom. The molecule has 0 radical (unpaired) electrons. The molecule has 0 fully saturated rings. The molecule has 0 spiro atoms. The Morgan fingerprint density at radius 1 is 1.23 bits per heavy atom. The molecular formula is C17H11Br2NO6. The van der Waals surface area contributed by atoms with Gasteiger partial charge in [-0.15, -0.1) is 0 Å². The molecule has 2 aromatic rings. The molecule has 2 aromatic carbocycles. The number of ether oxygens (including phenoxy) is 3. The van der Waals surface area contributed by atoms with Gasteiger partial charge in [0, 0.05) is 23.0 Å². The number of hydrogen-bond acceptors (Lipinski definition) is 6. The molecule has 0 aliphatic carbocycles. The number of fused-ring (bicyclic) bond motifs is 1. The van der Waals surface area contributed by atoms with Crippen LogP contribution < -0.4 is 14.2 Å². The number of allylic oxidation sites excluding steroid dienone is 1. The van der Waals surface area contributed by atoms with Gasteiger partial charge in [0.15, 0.2) is 17.2 Å². The molecule has 134 valence electrons. The molecule has 3 rings (SSSR count). The van der Waals surface area contributed by atoms with Gasteiger partial charge in [0.2, 0.25) is 12.5 Å². The maximum Gasteiger partial charge on any atom is 0.343 e. The van der Waals surface area contributed by atoms with Crippen molar-refractivity contribution in [1.29, 1.82) is 0 Å². The van der Waals surface area contributed by atoms with Gasteiger partial charge in [-0.25, -0.2) is 4.79 Å². The first-order valence-corrected chi connectivity index (χ1v) is 8.87. The van der Waals surface area contributed by atoms with Crippen LogP contribution in [-0.2, 0) is 0 Å². The highest BCUT2D eigenvalue weighted by Gasteiger charge is 2.20. The zero-order chi connectivity index (χ0) is 18.8. The second-order valence-corrected chi connectivity index (χ2v) is 7.08. The fourth-order valence-corrected chi connectivity index (χ4v) is 3.59. The number of nitrogens with zero attached hydrogens (tertiary/aromatic N) is 1. The Hall–Kier alpha value is -2.39. The average Bonchev–Trinajstić information content (AvgIpc) is 3.05. The molecule has 0 saturated heterocycles. The summed E-state index contributed by atoms with van der Waals surface area (Å²) in [6.07, 6.45) is 1.33. The van der Waals surface area contributed by atoms with Gasteiger partial charge in [-0.1, -0.05) is 15.9 Å². The summed E-state index contributed by atoms with van der Waals surface area (Å²) in [5.74, 6) is 0.562. The summed E-state index contributed by atoms with van der Waals surface area (Å²) in [5, 5.41) is 10.9. The van der Waals surface area contributed by atoms with Crippen LogP contribution in [0, 0.1) is 10.1 Å². The number of carbonyl (C=O) groups excluding carboxylic acids is 1. The predicted molar refractivity (Wildman–Crippen MR) is 100 cm³/mol. The highest BCUT2D eigenvalue weighted by molar-refractivity contribution is 9.11. The molecule has 0 aromatic heterocycles. The van der Waals surface area contributed by atoms with Crippen LogP contribution in [0.1, 0.15) is 22.8 Å². The van der Waals surface area contributed by atoms with E-state index in [2.05, 4.69) is 31.9 Å². The molecule has 1 heterocycles. The molecule has 1 aliphatic rings. The fourth-order valence-electron chi connectivity index (χ4n) is 2.25. The molecule has 26 heavy (non-hydrogen) atoms. The van der Waals surface area contributed by atoms with E-state index < -0.39 is 10.9 Å². The van der Waals surface area contributed by atoms with Gasteiger partial charge >= 0.3 is 5.97 Å². The summed E-state index contributed by atoms with van der Waals surface area (Å²) in [5.41, 5.74) is 0.565. The van der Waals surface area contributed by atoms with Gasteiger partial charge in [0.05, 0.1) is 15.0 Å². The number of carbonyl (C=O) groups is 1. The molecule has 0 atom stereocenters. The molecule has 0 unspecified atom stereocenters. The van der Waals surface area contributed by atoms with E-state index in [0.717, 1.165) is 0 Å². The van der Waals surface area contributed by atoms with Crippen molar-refractivity contribution < 1.29 is 23.9 Å². The lowest BCUT2D eigenvalue weighted by Crippen LogP contribution is -2.10. The smallest absolute Gasteiger partial charge is 0.343 e. The quantitative estimate of drug-likeness (QED) is 0.268. The lowest BCUT2D eigenvalue weighted by molar-refractivity contribution is -0.422. The van der Waals surface area contributed by atoms with E-state index in [0.29, 0.717) is 26.0 Å². The summed E-state index contributed by atoms with van der Waals surface area (Å²) in [6.45, 7) is 1.46. The van der Waals surface area contributed by atoms with Crippen LogP contribution in [-0.4, -0.2) is 17.7 Å². The summed E-state index contributed by atoms with van der Waals surface area (Å²) >= 11 is 6.64. The van der Waals surface area contributed by atoms with Crippen molar-refractivity contribution in [2.75, 3.05) is 6.79 Å². The molecule has 1 aliphatic heterocycles. The van der Waals surface area contributed by atoms with E-state index in [-0.39, 0.29) is 23.8 Å². The first-order valence-electron chi connectivity index (χ1n) is 7.28. The minimum absolute atomic E-state index is 0.0876. The van der Waals surface area contributed by atoms with Gasteiger partial charge < -0.3 is 14.2 Å². The van der Waals surface area contributed by atoms with Crippen LogP contribution in [0.25, 0.3) is 6.08 Å². The number of hydrogen-bond donors (Lipinski definition) is 0. The second-order valence-electron chi connectivity index (χ2n) is 5.31. The second kappa shape index (κ2) is 7.46. The van der Waals surface area contributed by atoms with E-state index in [4.69, 9.17) is 14.2 Å². The van der Waals surface area contributed by atoms with Crippen molar-refractivity contribution in [2.24, 2.45) is 0 Å². The molecule has 0 N–H and O–H groups in total. The molecule has 0 amide bonds. The van der Waals surface area contributed by atoms with Crippen LogP contribution in [0.3, 0.4) is 0 Å². The van der Waals surface area contributed by atoms with Crippen molar-refractivity contribution in [3.05, 3.63) is 66.2 Å². The summed E-state index contributed by atoms with van der Waals surface area (Å²) < 4.78 is 17.1. The molecule has 7 nitrogen and oxygen atoms in total. The van der Waals surface area contributed by atoms with Gasteiger partial charge in [0.1, 0.15) is 0 Å². The zero-order valence-electron chi connectivity index (χ0n) is 13.3. The first-order chi connectivity index (χ1) is 12.3. The third-order valence-electron chi connectivity index (χ3n) is 3.49. The minimum atomic E-state index is -0.625. The number of rotatable bonds is 4. The van der Waals surface area contributed by atoms with Crippen LogP contribution in [0.2, 0.25) is 0 Å². The summed E-state index contributed by atoms with van der Waals surface area (Å²) in [7, 11) is 0. The lowest BCUT2D eigenvalue weighted by atomic mass is 10.1. The summed E-state index contributed by atoms with van der Waals surface area (Å²) in [4.78, 5) is 22.9. The van der Waals surface area contributed by atoms with E-state index in [1.165, 1.54) is 19.1 Å². The van der Waals surface area contributed by atoms with Crippen LogP contribution >= 0.6 is 31.9 Å². The van der Waals surface area contributed by atoms with Crippen molar-refractivity contribution in [2.45, 2.75) is 6.92 Å². The maximum absolute atomic E-state index is 12.5. The lowest BCUT2D eigenvalue weighted by Gasteiger charge is -2.11. The van der Waals surface area contributed by atoms with Crippen molar-refractivity contribution in [1.82, 2.24) is 0 Å².